The van der Waals surface area contributed by atoms with Gasteiger partial charge in [-0.2, -0.15) is 0 Å². The Balaban J connectivity index is 2.47. The lowest BCUT2D eigenvalue weighted by Crippen LogP contribution is -2.15. The predicted octanol–water partition coefficient (Wildman–Crippen LogP) is 0.956. The van der Waals surface area contributed by atoms with Gasteiger partial charge < -0.3 is 0 Å². The normalized spacial score (nSPS) is 25.7. The molecular formula is C9H14O3S. The van der Waals surface area contributed by atoms with Gasteiger partial charge in [-0.25, -0.2) is 8.42 Å². The summed E-state index contributed by atoms with van der Waals surface area (Å²) in [5.74, 6) is 0.0615. The summed E-state index contributed by atoms with van der Waals surface area (Å²) in [5.41, 5.74) is 0. The van der Waals surface area contributed by atoms with Crippen LogP contribution in [0, 0.1) is 5.92 Å². The largest absolute Gasteiger partial charge is 0.299 e. The average Bonchev–Trinajstić information content (AvgIpc) is 2.42. The topological polar surface area (TPSA) is 51.2 Å². The number of allylic oxidation sites excluding steroid dienone is 1. The Labute approximate surface area is 78.8 Å². The minimum Gasteiger partial charge on any atom is -0.299 e. The molecule has 1 heterocycles. The van der Waals surface area contributed by atoms with Gasteiger partial charge in [0.15, 0.2) is 9.84 Å². The summed E-state index contributed by atoms with van der Waals surface area (Å²) in [6.07, 6.45) is 3.28. The zero-order valence-corrected chi connectivity index (χ0v) is 8.35. The first-order valence-electron chi connectivity index (χ1n) is 4.39. The molecule has 0 aromatic rings. The molecule has 3 nitrogen and oxygen atoms in total. The summed E-state index contributed by atoms with van der Waals surface area (Å²) < 4.78 is 22.1. The van der Waals surface area contributed by atoms with E-state index in [1.54, 1.807) is 6.08 Å². The highest BCUT2D eigenvalue weighted by Crippen LogP contribution is 2.20. The Hall–Kier alpha value is -0.640. The third kappa shape index (κ3) is 2.95. The van der Waals surface area contributed by atoms with Crippen LogP contribution in [-0.4, -0.2) is 25.7 Å². The Kier molecular flexibility index (Phi) is 3.25. The molecule has 0 aromatic heterocycles. The number of rotatable bonds is 4. The van der Waals surface area contributed by atoms with E-state index in [0.717, 1.165) is 0 Å². The van der Waals surface area contributed by atoms with E-state index in [1.165, 1.54) is 0 Å². The number of Topliss-reactive ketones (excluding diaryl/α,β-unsaturated/α-hetero) is 1. The fraction of sp³-hybridized carbons (Fsp3) is 0.667. The molecule has 0 aromatic carbocycles. The highest BCUT2D eigenvalue weighted by atomic mass is 32.2. The Bertz CT molecular complexity index is 303. The molecule has 1 atom stereocenters. The number of ketones is 1. The second-order valence-corrected chi connectivity index (χ2v) is 5.62. The maximum atomic E-state index is 11.4. The van der Waals surface area contributed by atoms with Crippen LogP contribution in [0.3, 0.4) is 0 Å². The fourth-order valence-electron chi connectivity index (χ4n) is 1.50. The standard InChI is InChI=1S/C9H14O3S/c1-2-3-4-9(10)8-5-6-13(11,12)7-8/h2,8H,1,3-7H2. The first-order chi connectivity index (χ1) is 6.05. The van der Waals surface area contributed by atoms with E-state index < -0.39 is 9.84 Å². The van der Waals surface area contributed by atoms with Crippen LogP contribution in [0.2, 0.25) is 0 Å². The van der Waals surface area contributed by atoms with E-state index in [2.05, 4.69) is 6.58 Å². The van der Waals surface area contributed by atoms with Crippen LogP contribution in [0.25, 0.3) is 0 Å². The molecule has 74 valence electrons. The molecular weight excluding hydrogens is 188 g/mol. The van der Waals surface area contributed by atoms with Crippen LogP contribution in [-0.2, 0) is 14.6 Å². The minimum absolute atomic E-state index is 0.0585. The van der Waals surface area contributed by atoms with E-state index in [4.69, 9.17) is 0 Å². The molecule has 1 fully saturated rings. The summed E-state index contributed by atoms with van der Waals surface area (Å²) in [7, 11) is -2.91. The summed E-state index contributed by atoms with van der Waals surface area (Å²) in [6, 6.07) is 0. The van der Waals surface area contributed by atoms with Crippen molar-refractivity contribution in [2.24, 2.45) is 5.92 Å². The van der Waals surface area contributed by atoms with Crippen LogP contribution in [0.4, 0.5) is 0 Å². The molecule has 1 unspecified atom stereocenters. The van der Waals surface area contributed by atoms with Gasteiger partial charge >= 0.3 is 0 Å². The van der Waals surface area contributed by atoms with E-state index >= 15 is 0 Å². The maximum absolute atomic E-state index is 11.4. The van der Waals surface area contributed by atoms with E-state index in [1.807, 2.05) is 0 Å². The van der Waals surface area contributed by atoms with Crippen LogP contribution in [0.15, 0.2) is 12.7 Å². The molecule has 0 spiro atoms. The van der Waals surface area contributed by atoms with Gasteiger partial charge in [-0.3, -0.25) is 4.79 Å². The number of hydrogen-bond donors (Lipinski definition) is 0. The van der Waals surface area contributed by atoms with Gasteiger partial charge in [0, 0.05) is 12.3 Å². The van der Waals surface area contributed by atoms with Gasteiger partial charge in [0.05, 0.1) is 11.5 Å². The first-order valence-corrected chi connectivity index (χ1v) is 6.21. The monoisotopic (exact) mass is 202 g/mol. The molecule has 1 aliphatic rings. The summed E-state index contributed by atoms with van der Waals surface area (Å²) >= 11 is 0. The van der Waals surface area contributed by atoms with Crippen molar-refractivity contribution in [2.75, 3.05) is 11.5 Å². The van der Waals surface area contributed by atoms with Crippen molar-refractivity contribution in [1.82, 2.24) is 0 Å². The van der Waals surface area contributed by atoms with Crippen LogP contribution < -0.4 is 0 Å². The lowest BCUT2D eigenvalue weighted by molar-refractivity contribution is -0.122. The van der Waals surface area contributed by atoms with Crippen molar-refractivity contribution in [1.29, 1.82) is 0 Å². The lowest BCUT2D eigenvalue weighted by Gasteiger charge is -2.03. The van der Waals surface area contributed by atoms with Gasteiger partial charge in [-0.05, 0) is 12.8 Å². The molecule has 0 aliphatic carbocycles. The fourth-order valence-corrected chi connectivity index (χ4v) is 3.27. The van der Waals surface area contributed by atoms with E-state index in [0.29, 0.717) is 19.3 Å². The van der Waals surface area contributed by atoms with Gasteiger partial charge in [0.2, 0.25) is 0 Å². The molecule has 0 amide bonds. The minimum atomic E-state index is -2.91. The number of sulfone groups is 1. The zero-order chi connectivity index (χ0) is 9.90. The molecule has 0 radical (unpaired) electrons. The smallest absolute Gasteiger partial charge is 0.151 e. The number of carbonyl (C=O) groups excluding carboxylic acids is 1. The van der Waals surface area contributed by atoms with Gasteiger partial charge in [0.25, 0.3) is 0 Å². The molecule has 4 heteroatoms. The number of carbonyl (C=O) groups is 1. The van der Waals surface area contributed by atoms with Crippen LogP contribution in [0.1, 0.15) is 19.3 Å². The predicted molar refractivity (Wildman–Crippen MR) is 51.2 cm³/mol. The quantitative estimate of drug-likeness (QED) is 0.638. The maximum Gasteiger partial charge on any atom is 0.151 e. The summed E-state index contributed by atoms with van der Waals surface area (Å²) in [6.45, 7) is 3.52. The Morgan fingerprint density at radius 1 is 1.54 bits per heavy atom. The van der Waals surface area contributed by atoms with Crippen molar-refractivity contribution in [3.8, 4) is 0 Å². The van der Waals surface area contributed by atoms with Crippen LogP contribution in [0.5, 0.6) is 0 Å². The SMILES string of the molecule is C=CCCC(=O)C1CCS(=O)(=O)C1. The summed E-state index contributed by atoms with van der Waals surface area (Å²) in [5, 5.41) is 0. The summed E-state index contributed by atoms with van der Waals surface area (Å²) in [4.78, 5) is 11.4. The highest BCUT2D eigenvalue weighted by molar-refractivity contribution is 7.91. The molecule has 1 aliphatic heterocycles. The third-order valence-electron chi connectivity index (χ3n) is 2.28. The molecule has 0 bridgehead atoms. The third-order valence-corrected chi connectivity index (χ3v) is 4.05. The molecule has 1 rings (SSSR count). The van der Waals surface area contributed by atoms with Crippen molar-refractivity contribution in [3.05, 3.63) is 12.7 Å². The van der Waals surface area contributed by atoms with Crippen molar-refractivity contribution in [2.45, 2.75) is 19.3 Å². The second kappa shape index (κ2) is 4.05. The van der Waals surface area contributed by atoms with Crippen molar-refractivity contribution < 1.29 is 13.2 Å². The van der Waals surface area contributed by atoms with E-state index in [9.17, 15) is 13.2 Å². The molecule has 1 saturated heterocycles. The Morgan fingerprint density at radius 3 is 2.69 bits per heavy atom. The molecule has 0 saturated carbocycles. The van der Waals surface area contributed by atoms with Gasteiger partial charge in [0.1, 0.15) is 5.78 Å². The molecule has 0 N–H and O–H groups in total. The van der Waals surface area contributed by atoms with E-state index in [-0.39, 0.29) is 23.2 Å². The zero-order valence-electron chi connectivity index (χ0n) is 7.53. The second-order valence-electron chi connectivity index (χ2n) is 3.39. The van der Waals surface area contributed by atoms with Crippen molar-refractivity contribution >= 4 is 15.6 Å². The number of hydrogen-bond acceptors (Lipinski definition) is 3. The highest BCUT2D eigenvalue weighted by Gasteiger charge is 2.31. The van der Waals surface area contributed by atoms with Crippen LogP contribution >= 0.6 is 0 Å². The Morgan fingerprint density at radius 2 is 2.23 bits per heavy atom. The molecule has 13 heavy (non-hydrogen) atoms. The van der Waals surface area contributed by atoms with Crippen molar-refractivity contribution in [3.63, 3.8) is 0 Å². The van der Waals surface area contributed by atoms with Gasteiger partial charge in [-0.1, -0.05) is 6.08 Å². The lowest BCUT2D eigenvalue weighted by atomic mass is 10.00. The average molecular weight is 202 g/mol. The first kappa shape index (κ1) is 10.4. The van der Waals surface area contributed by atoms with Gasteiger partial charge in [-0.15, -0.1) is 6.58 Å².